The van der Waals surface area contributed by atoms with Crippen LogP contribution < -0.4 is 37.1 Å². The first-order valence-electron chi connectivity index (χ1n) is 13.9. The number of rotatable bonds is 3. The van der Waals surface area contributed by atoms with Crippen LogP contribution >= 0.6 is 23.2 Å². The Kier molecular flexibility index (Phi) is 8.16. The van der Waals surface area contributed by atoms with Gasteiger partial charge in [0.1, 0.15) is 11.2 Å². The van der Waals surface area contributed by atoms with E-state index in [9.17, 15) is 9.59 Å². The Labute approximate surface area is 248 Å². The van der Waals surface area contributed by atoms with Gasteiger partial charge in [-0.05, 0) is 48.7 Å². The average molecular weight is 596 g/mol. The van der Waals surface area contributed by atoms with E-state index in [1.165, 1.54) is 0 Å². The van der Waals surface area contributed by atoms with Crippen molar-refractivity contribution in [1.29, 1.82) is 0 Å². The molecule has 0 unspecified atom stereocenters. The van der Waals surface area contributed by atoms with E-state index in [0.29, 0.717) is 34.5 Å². The van der Waals surface area contributed by atoms with Crippen LogP contribution in [-0.2, 0) is 4.79 Å². The van der Waals surface area contributed by atoms with Crippen LogP contribution in [0.2, 0.25) is 5.02 Å². The molecule has 2 bridgehead atoms. The molecule has 0 aliphatic carbocycles. The van der Waals surface area contributed by atoms with Crippen molar-refractivity contribution in [2.45, 2.75) is 37.8 Å². The number of amides is 1. The maximum atomic E-state index is 13.7. The van der Waals surface area contributed by atoms with E-state index in [1.807, 2.05) is 18.2 Å². The van der Waals surface area contributed by atoms with Crippen LogP contribution in [-0.4, -0.2) is 47.7 Å². The Hall–Kier alpha value is -3.57. The number of nitrogens with one attached hydrogen (secondary N) is 4. The second-order valence-electron chi connectivity index (χ2n) is 10.4. The van der Waals surface area contributed by atoms with Gasteiger partial charge in [-0.1, -0.05) is 48.2 Å². The summed E-state index contributed by atoms with van der Waals surface area (Å²) in [6, 6.07) is 14.7. The molecule has 12 heteroatoms. The minimum atomic E-state index is -0.279. The van der Waals surface area contributed by atoms with Crippen molar-refractivity contribution in [2.24, 2.45) is 0 Å². The maximum absolute atomic E-state index is 13.7. The lowest BCUT2D eigenvalue weighted by Crippen LogP contribution is -2.58. The standard InChI is InChI=1S/C29H32Cl2N8O2/c30-20-8-9-25(39-17-27(31)35-36-39)22(14-20)23-15-28(40)38(18-34-23)24-7-2-1-3-10-33-29(41)26-16-32-11-12-37(26)21-6-4-5-19(24)13-21/h4-6,8-9,13-15,17-18,24,26,32,35-36H,1-3,7,10-12,16H2,(H,33,41)/t24-,26-/m0/s1. The fraction of sp³-hybridized carbons (Fsp3) is 0.345. The summed E-state index contributed by atoms with van der Waals surface area (Å²) in [6.45, 7) is 2.77. The van der Waals surface area contributed by atoms with Crippen molar-refractivity contribution < 1.29 is 4.79 Å². The van der Waals surface area contributed by atoms with E-state index in [-0.39, 0.29) is 23.6 Å². The Bertz CT molecular complexity index is 1530. The molecule has 10 nitrogen and oxygen atoms in total. The molecular formula is C29H32Cl2N8O2. The fourth-order valence-corrected chi connectivity index (χ4v) is 6.04. The summed E-state index contributed by atoms with van der Waals surface area (Å²) in [4.78, 5) is 33.6. The first-order valence-corrected chi connectivity index (χ1v) is 14.6. The van der Waals surface area contributed by atoms with Gasteiger partial charge in [0, 0.05) is 48.5 Å². The van der Waals surface area contributed by atoms with Crippen molar-refractivity contribution in [3.63, 3.8) is 0 Å². The Morgan fingerprint density at radius 1 is 0.951 bits per heavy atom. The minimum Gasteiger partial charge on any atom is -0.357 e. The second kappa shape index (κ2) is 12.1. The summed E-state index contributed by atoms with van der Waals surface area (Å²) in [5.74, 6) is 0.0486. The fourth-order valence-electron chi connectivity index (χ4n) is 5.73. The van der Waals surface area contributed by atoms with Crippen molar-refractivity contribution in [3.05, 3.63) is 87.2 Å². The Morgan fingerprint density at radius 3 is 2.68 bits per heavy atom. The Balaban J connectivity index is 1.37. The number of carbonyl (C=O) groups is 1. The third kappa shape index (κ3) is 5.92. The van der Waals surface area contributed by atoms with E-state index in [2.05, 4.69) is 38.6 Å². The molecule has 41 heavy (non-hydrogen) atoms. The number of halogens is 2. The number of hydrogen-bond donors (Lipinski definition) is 4. The largest absolute Gasteiger partial charge is 0.357 e. The van der Waals surface area contributed by atoms with E-state index < -0.39 is 0 Å². The van der Waals surface area contributed by atoms with Gasteiger partial charge in [-0.15, -0.1) is 5.53 Å². The zero-order valence-corrected chi connectivity index (χ0v) is 24.0. The monoisotopic (exact) mass is 594 g/mol. The molecular weight excluding hydrogens is 563 g/mol. The van der Waals surface area contributed by atoms with Crippen LogP contribution in [0.1, 0.15) is 37.3 Å². The van der Waals surface area contributed by atoms with Gasteiger partial charge < -0.3 is 15.5 Å². The SMILES string of the molecule is O=C1NCCCCC[C@H](n2cnc(-c3cc(Cl)ccc3N3C=C(Cl)NN3)cc2=O)c2cccc(c2)N2CCNC[C@@H]12. The predicted octanol–water partition coefficient (Wildman–Crippen LogP) is 3.49. The number of benzene rings is 2. The van der Waals surface area contributed by atoms with Gasteiger partial charge in [0.15, 0.2) is 0 Å². The molecule has 4 heterocycles. The van der Waals surface area contributed by atoms with Gasteiger partial charge in [-0.25, -0.2) is 4.98 Å². The number of piperazine rings is 1. The zero-order valence-electron chi connectivity index (χ0n) is 22.4. The first-order chi connectivity index (χ1) is 20.0. The highest BCUT2D eigenvalue weighted by Gasteiger charge is 2.29. The number of hydrogen-bond acceptors (Lipinski definition) is 8. The molecule has 0 spiro atoms. The van der Waals surface area contributed by atoms with E-state index in [4.69, 9.17) is 28.2 Å². The molecule has 6 rings (SSSR count). The number of hydrazine groups is 2. The molecule has 2 aromatic carbocycles. The summed E-state index contributed by atoms with van der Waals surface area (Å²) in [5.41, 5.74) is 9.59. The summed E-state index contributed by atoms with van der Waals surface area (Å²) in [5, 5.41) is 9.14. The van der Waals surface area contributed by atoms with Gasteiger partial charge in [0.25, 0.3) is 5.56 Å². The molecule has 4 N–H and O–H groups in total. The number of fused-ring (bicyclic) bond motifs is 4. The van der Waals surface area contributed by atoms with Crippen LogP contribution in [0.5, 0.6) is 0 Å². The maximum Gasteiger partial charge on any atom is 0.254 e. The summed E-state index contributed by atoms with van der Waals surface area (Å²) in [6.07, 6.45) is 6.85. The molecule has 3 aliphatic heterocycles. The number of carbonyl (C=O) groups excluding carboxylic acids is 1. The number of aromatic nitrogens is 2. The summed E-state index contributed by atoms with van der Waals surface area (Å²) < 4.78 is 1.72. The van der Waals surface area contributed by atoms with Crippen LogP contribution in [0.25, 0.3) is 11.3 Å². The van der Waals surface area contributed by atoms with Gasteiger partial charge in [0.2, 0.25) is 5.91 Å². The highest BCUT2D eigenvalue weighted by atomic mass is 35.5. The highest BCUT2D eigenvalue weighted by Crippen LogP contribution is 2.33. The third-order valence-electron chi connectivity index (χ3n) is 7.79. The van der Waals surface area contributed by atoms with E-state index >= 15 is 0 Å². The zero-order chi connectivity index (χ0) is 28.3. The van der Waals surface area contributed by atoms with E-state index in [1.54, 1.807) is 40.3 Å². The third-order valence-corrected chi connectivity index (χ3v) is 8.22. The first kappa shape index (κ1) is 27.6. The molecule has 1 fully saturated rings. The van der Waals surface area contributed by atoms with Crippen LogP contribution in [0.15, 0.2) is 71.0 Å². The highest BCUT2D eigenvalue weighted by molar-refractivity contribution is 6.31. The molecule has 0 radical (unpaired) electrons. The molecule has 2 atom stereocenters. The smallest absolute Gasteiger partial charge is 0.254 e. The molecule has 214 valence electrons. The van der Waals surface area contributed by atoms with Crippen molar-refractivity contribution in [1.82, 2.24) is 31.1 Å². The van der Waals surface area contributed by atoms with Crippen molar-refractivity contribution >= 4 is 40.5 Å². The summed E-state index contributed by atoms with van der Waals surface area (Å²) >= 11 is 12.4. The minimum absolute atomic E-state index is 0.0486. The molecule has 1 amide bonds. The summed E-state index contributed by atoms with van der Waals surface area (Å²) in [7, 11) is 0. The van der Waals surface area contributed by atoms with E-state index in [0.717, 1.165) is 55.7 Å². The lowest BCUT2D eigenvalue weighted by molar-refractivity contribution is -0.122. The lowest BCUT2D eigenvalue weighted by atomic mass is 9.98. The quantitative estimate of drug-likeness (QED) is 0.341. The molecule has 1 aromatic heterocycles. The topological polar surface area (TPSA) is 107 Å². The predicted molar refractivity (Wildman–Crippen MR) is 162 cm³/mol. The molecule has 3 aliphatic rings. The van der Waals surface area contributed by atoms with Gasteiger partial charge in [-0.2, -0.15) is 0 Å². The second-order valence-corrected chi connectivity index (χ2v) is 11.3. The Morgan fingerprint density at radius 2 is 1.85 bits per heavy atom. The van der Waals surface area contributed by atoms with Crippen LogP contribution in [0, 0.1) is 0 Å². The molecule has 3 aromatic rings. The lowest BCUT2D eigenvalue weighted by Gasteiger charge is -2.37. The van der Waals surface area contributed by atoms with Crippen molar-refractivity contribution in [3.8, 4) is 11.3 Å². The number of nitrogens with zero attached hydrogens (tertiary/aromatic N) is 4. The van der Waals surface area contributed by atoms with Crippen molar-refractivity contribution in [2.75, 3.05) is 36.1 Å². The van der Waals surface area contributed by atoms with Crippen LogP contribution in [0.3, 0.4) is 0 Å². The normalized spacial score (nSPS) is 21.5. The van der Waals surface area contributed by atoms with Gasteiger partial charge in [0.05, 0.1) is 30.0 Å². The molecule has 1 saturated heterocycles. The van der Waals surface area contributed by atoms with Gasteiger partial charge in [-0.3, -0.25) is 24.6 Å². The molecule has 0 saturated carbocycles. The number of anilines is 2. The van der Waals surface area contributed by atoms with Crippen LogP contribution in [0.4, 0.5) is 11.4 Å². The average Bonchev–Trinajstić information content (AvgIpc) is 3.42. The van der Waals surface area contributed by atoms with Gasteiger partial charge >= 0.3 is 0 Å².